The molecule has 4 saturated carbocycles. The van der Waals surface area contributed by atoms with Crippen molar-refractivity contribution in [3.63, 3.8) is 0 Å². The quantitative estimate of drug-likeness (QED) is 0.816. The molecule has 2 atom stereocenters. The van der Waals surface area contributed by atoms with E-state index in [0.717, 1.165) is 25.2 Å². The normalized spacial score (nSPS) is 49.2. The number of ether oxygens (including phenoxy) is 1. The van der Waals surface area contributed by atoms with Gasteiger partial charge in [0.05, 0.1) is 6.61 Å². The van der Waals surface area contributed by atoms with Gasteiger partial charge in [0.2, 0.25) is 0 Å². The number of carbonyl (C=O) groups is 1. The van der Waals surface area contributed by atoms with Gasteiger partial charge in [-0.25, -0.2) is 4.79 Å². The average Bonchev–Trinajstić information content (AvgIpc) is 2.09. The summed E-state index contributed by atoms with van der Waals surface area (Å²) in [5.41, 5.74) is 0.899. The van der Waals surface area contributed by atoms with Crippen LogP contribution in [0.1, 0.15) is 59.3 Å². The molecule has 0 saturated heterocycles. The van der Waals surface area contributed by atoms with Gasteiger partial charge in [0, 0.05) is 5.54 Å². The number of alkyl carbamates (subject to hydrolysis) is 1. The van der Waals surface area contributed by atoms with E-state index in [1.165, 1.54) is 19.3 Å². The minimum Gasteiger partial charge on any atom is -0.450 e. The Balaban J connectivity index is 1.82. The SMILES string of the molecule is CCOC(=O)NC12CC3CC(C)(CC(C)(C3)C1)C2. The smallest absolute Gasteiger partial charge is 0.407 e. The Bertz CT molecular complexity index is 361. The molecule has 18 heavy (non-hydrogen) atoms. The summed E-state index contributed by atoms with van der Waals surface area (Å²) < 4.78 is 5.10. The second-order valence-electron chi connectivity index (χ2n) is 7.76. The number of carbonyl (C=O) groups excluding carboxylic acids is 1. The van der Waals surface area contributed by atoms with E-state index < -0.39 is 0 Å². The van der Waals surface area contributed by atoms with Gasteiger partial charge in [-0.2, -0.15) is 0 Å². The fourth-order valence-corrected chi connectivity index (χ4v) is 5.97. The van der Waals surface area contributed by atoms with Crippen LogP contribution in [0.4, 0.5) is 4.79 Å². The lowest BCUT2D eigenvalue weighted by Gasteiger charge is -2.65. The van der Waals surface area contributed by atoms with Gasteiger partial charge in [-0.15, -0.1) is 0 Å². The number of amides is 1. The molecule has 0 aliphatic heterocycles. The second-order valence-corrected chi connectivity index (χ2v) is 7.76. The number of rotatable bonds is 2. The van der Waals surface area contributed by atoms with Crippen molar-refractivity contribution in [2.24, 2.45) is 16.7 Å². The van der Waals surface area contributed by atoms with Gasteiger partial charge in [-0.05, 0) is 62.2 Å². The predicted molar refractivity (Wildman–Crippen MR) is 70.3 cm³/mol. The molecule has 0 heterocycles. The first-order chi connectivity index (χ1) is 8.36. The first-order valence-electron chi connectivity index (χ1n) is 7.31. The molecule has 4 aliphatic carbocycles. The topological polar surface area (TPSA) is 38.3 Å². The third-order valence-electron chi connectivity index (χ3n) is 5.27. The highest BCUT2D eigenvalue weighted by molar-refractivity contribution is 5.68. The van der Waals surface area contributed by atoms with Gasteiger partial charge in [0.25, 0.3) is 0 Å². The average molecular weight is 251 g/mol. The highest BCUT2D eigenvalue weighted by Crippen LogP contribution is 2.66. The zero-order valence-electron chi connectivity index (χ0n) is 11.8. The predicted octanol–water partition coefficient (Wildman–Crippen LogP) is 3.48. The largest absolute Gasteiger partial charge is 0.450 e. The zero-order valence-corrected chi connectivity index (χ0v) is 11.8. The van der Waals surface area contributed by atoms with E-state index >= 15 is 0 Å². The molecule has 0 aromatic heterocycles. The number of nitrogens with one attached hydrogen (secondary N) is 1. The fourth-order valence-electron chi connectivity index (χ4n) is 5.97. The first-order valence-corrected chi connectivity index (χ1v) is 7.31. The molecule has 1 amide bonds. The van der Waals surface area contributed by atoms with E-state index in [2.05, 4.69) is 19.2 Å². The van der Waals surface area contributed by atoms with E-state index in [1.807, 2.05) is 6.92 Å². The monoisotopic (exact) mass is 251 g/mol. The van der Waals surface area contributed by atoms with Gasteiger partial charge >= 0.3 is 6.09 Å². The van der Waals surface area contributed by atoms with Crippen molar-refractivity contribution in [3.05, 3.63) is 0 Å². The Labute approximate surface area is 110 Å². The molecule has 4 rings (SSSR count). The van der Waals surface area contributed by atoms with Crippen LogP contribution in [0.15, 0.2) is 0 Å². The minimum atomic E-state index is -0.216. The Morgan fingerprint density at radius 2 is 1.78 bits per heavy atom. The molecule has 0 spiro atoms. The van der Waals surface area contributed by atoms with Crippen molar-refractivity contribution in [1.82, 2.24) is 5.32 Å². The van der Waals surface area contributed by atoms with Gasteiger partial charge in [0.1, 0.15) is 0 Å². The van der Waals surface area contributed by atoms with Crippen LogP contribution in [0.5, 0.6) is 0 Å². The van der Waals surface area contributed by atoms with Crippen LogP contribution in [-0.2, 0) is 4.74 Å². The Morgan fingerprint density at radius 1 is 1.17 bits per heavy atom. The van der Waals surface area contributed by atoms with Crippen molar-refractivity contribution >= 4 is 6.09 Å². The third-order valence-corrected chi connectivity index (χ3v) is 5.27. The third kappa shape index (κ3) is 1.92. The van der Waals surface area contributed by atoms with Gasteiger partial charge in [-0.1, -0.05) is 13.8 Å². The summed E-state index contributed by atoms with van der Waals surface area (Å²) in [6, 6.07) is 0. The standard InChI is InChI=1S/C15H25NO2/c1-4-18-12(17)16-15-7-11-5-13(2,9-15)8-14(3,6-11)10-15/h11H,4-10H2,1-3H3,(H,16,17). The summed E-state index contributed by atoms with van der Waals surface area (Å²) in [4.78, 5) is 11.8. The molecular formula is C15H25NO2. The summed E-state index contributed by atoms with van der Waals surface area (Å²) in [5.74, 6) is 0.804. The molecule has 2 unspecified atom stereocenters. The van der Waals surface area contributed by atoms with E-state index in [0.29, 0.717) is 17.4 Å². The molecular weight excluding hydrogens is 226 g/mol. The summed E-state index contributed by atoms with van der Waals surface area (Å²) >= 11 is 0. The summed E-state index contributed by atoms with van der Waals surface area (Å²) in [6.07, 6.45) is 7.28. The van der Waals surface area contributed by atoms with Crippen LogP contribution in [0.25, 0.3) is 0 Å². The maximum absolute atomic E-state index is 11.8. The van der Waals surface area contributed by atoms with Crippen LogP contribution in [0, 0.1) is 16.7 Å². The Kier molecular flexibility index (Phi) is 2.49. The van der Waals surface area contributed by atoms with Crippen LogP contribution in [0.3, 0.4) is 0 Å². The molecule has 0 aromatic carbocycles. The summed E-state index contributed by atoms with van der Waals surface area (Å²) in [7, 11) is 0. The maximum atomic E-state index is 11.8. The van der Waals surface area contributed by atoms with E-state index in [-0.39, 0.29) is 11.6 Å². The van der Waals surface area contributed by atoms with E-state index in [9.17, 15) is 4.79 Å². The van der Waals surface area contributed by atoms with Crippen molar-refractivity contribution in [1.29, 1.82) is 0 Å². The Hall–Kier alpha value is -0.730. The molecule has 0 radical (unpaired) electrons. The van der Waals surface area contributed by atoms with Gasteiger partial charge in [-0.3, -0.25) is 0 Å². The van der Waals surface area contributed by atoms with Crippen LogP contribution in [0.2, 0.25) is 0 Å². The van der Waals surface area contributed by atoms with Crippen molar-refractivity contribution in [2.45, 2.75) is 64.8 Å². The molecule has 102 valence electrons. The molecule has 4 fully saturated rings. The van der Waals surface area contributed by atoms with E-state index in [4.69, 9.17) is 4.74 Å². The van der Waals surface area contributed by atoms with Gasteiger partial charge in [0.15, 0.2) is 0 Å². The molecule has 4 aliphatic rings. The first kappa shape index (κ1) is 12.3. The van der Waals surface area contributed by atoms with Crippen molar-refractivity contribution < 1.29 is 9.53 Å². The molecule has 3 nitrogen and oxygen atoms in total. The summed E-state index contributed by atoms with van der Waals surface area (Å²) in [6.45, 7) is 7.15. The lowest BCUT2D eigenvalue weighted by Crippen LogP contribution is -2.65. The lowest BCUT2D eigenvalue weighted by atomic mass is 9.43. The van der Waals surface area contributed by atoms with Crippen molar-refractivity contribution in [3.8, 4) is 0 Å². The molecule has 3 heteroatoms. The summed E-state index contributed by atoms with van der Waals surface area (Å²) in [5, 5.41) is 3.21. The van der Waals surface area contributed by atoms with Crippen LogP contribution in [-0.4, -0.2) is 18.2 Å². The molecule has 1 N–H and O–H groups in total. The van der Waals surface area contributed by atoms with Gasteiger partial charge < -0.3 is 10.1 Å². The van der Waals surface area contributed by atoms with Crippen LogP contribution >= 0.6 is 0 Å². The highest BCUT2D eigenvalue weighted by Gasteiger charge is 2.60. The highest BCUT2D eigenvalue weighted by atomic mass is 16.5. The molecule has 0 aromatic rings. The fraction of sp³-hybridized carbons (Fsp3) is 0.933. The second kappa shape index (κ2) is 3.64. The lowest BCUT2D eigenvalue weighted by molar-refractivity contribution is -0.115. The van der Waals surface area contributed by atoms with Crippen LogP contribution < -0.4 is 5.32 Å². The Morgan fingerprint density at radius 3 is 2.28 bits per heavy atom. The van der Waals surface area contributed by atoms with E-state index in [1.54, 1.807) is 0 Å². The minimum absolute atomic E-state index is 0.0230. The molecule has 4 bridgehead atoms. The zero-order chi connectivity index (χ0) is 13.0. The van der Waals surface area contributed by atoms with Crippen molar-refractivity contribution in [2.75, 3.05) is 6.61 Å². The number of hydrogen-bond donors (Lipinski definition) is 1. The number of hydrogen-bond acceptors (Lipinski definition) is 2. The maximum Gasteiger partial charge on any atom is 0.407 e.